The molecule has 2 heterocycles. The number of halogens is 1. The first-order valence-corrected chi connectivity index (χ1v) is 6.52. The first-order valence-electron chi connectivity index (χ1n) is 5.44. The number of phenols is 1. The standard InChI is InChI=1S/C12H9IN4O2/c1-17-6-14-5-9(17)11-15-12(19-16-11)8-4-7(13)2-3-10(8)18/h2-6,18H,1H3. The van der Waals surface area contributed by atoms with E-state index >= 15 is 0 Å². The Labute approximate surface area is 122 Å². The molecule has 0 bridgehead atoms. The van der Waals surface area contributed by atoms with Gasteiger partial charge in [0.15, 0.2) is 0 Å². The fourth-order valence-electron chi connectivity index (χ4n) is 1.69. The number of imidazole rings is 1. The van der Waals surface area contributed by atoms with Crippen LogP contribution < -0.4 is 0 Å². The van der Waals surface area contributed by atoms with E-state index in [0.717, 1.165) is 9.26 Å². The highest BCUT2D eigenvalue weighted by Gasteiger charge is 2.15. The molecule has 2 aromatic heterocycles. The largest absolute Gasteiger partial charge is 0.507 e. The fraction of sp³-hybridized carbons (Fsp3) is 0.0833. The summed E-state index contributed by atoms with van der Waals surface area (Å²) in [6.07, 6.45) is 3.32. The summed E-state index contributed by atoms with van der Waals surface area (Å²) in [7, 11) is 1.85. The first kappa shape index (κ1) is 12.2. The Bertz CT molecular complexity index is 735. The molecule has 0 aliphatic rings. The molecule has 1 aromatic carbocycles. The molecular formula is C12H9IN4O2. The van der Waals surface area contributed by atoms with Crippen LogP contribution in [0.3, 0.4) is 0 Å². The molecule has 0 fully saturated rings. The molecule has 6 nitrogen and oxygen atoms in total. The van der Waals surface area contributed by atoms with Crippen molar-refractivity contribution in [2.24, 2.45) is 7.05 Å². The minimum Gasteiger partial charge on any atom is -0.507 e. The van der Waals surface area contributed by atoms with Crippen LogP contribution in [0.25, 0.3) is 23.0 Å². The maximum absolute atomic E-state index is 9.83. The number of aryl methyl sites for hydroxylation is 1. The molecule has 3 aromatic rings. The second kappa shape index (κ2) is 4.65. The van der Waals surface area contributed by atoms with Gasteiger partial charge in [0.1, 0.15) is 11.4 Å². The summed E-state index contributed by atoms with van der Waals surface area (Å²) < 4.78 is 7.97. The molecule has 1 N–H and O–H groups in total. The monoisotopic (exact) mass is 368 g/mol. The molecule has 3 rings (SSSR count). The summed E-state index contributed by atoms with van der Waals surface area (Å²) in [4.78, 5) is 8.29. The Hall–Kier alpha value is -1.90. The van der Waals surface area contributed by atoms with Gasteiger partial charge in [-0.3, -0.25) is 0 Å². The van der Waals surface area contributed by atoms with Crippen molar-refractivity contribution in [3.63, 3.8) is 0 Å². The molecule has 0 unspecified atom stereocenters. The van der Waals surface area contributed by atoms with E-state index in [1.165, 1.54) is 0 Å². The number of aromatic hydroxyl groups is 1. The van der Waals surface area contributed by atoms with Gasteiger partial charge in [-0.05, 0) is 40.8 Å². The Morgan fingerprint density at radius 2 is 2.21 bits per heavy atom. The van der Waals surface area contributed by atoms with Crippen molar-refractivity contribution in [3.05, 3.63) is 34.3 Å². The van der Waals surface area contributed by atoms with Gasteiger partial charge in [0.25, 0.3) is 5.89 Å². The molecule has 0 radical (unpaired) electrons. The van der Waals surface area contributed by atoms with Crippen molar-refractivity contribution >= 4 is 22.6 Å². The third-order valence-electron chi connectivity index (χ3n) is 2.66. The number of aromatic nitrogens is 4. The van der Waals surface area contributed by atoms with Crippen LogP contribution in [0.1, 0.15) is 0 Å². The van der Waals surface area contributed by atoms with Gasteiger partial charge in [-0.2, -0.15) is 4.98 Å². The highest BCUT2D eigenvalue weighted by atomic mass is 127. The van der Waals surface area contributed by atoms with Crippen LogP contribution in [0.2, 0.25) is 0 Å². The normalized spacial score (nSPS) is 10.8. The van der Waals surface area contributed by atoms with E-state index in [1.54, 1.807) is 35.3 Å². The maximum Gasteiger partial charge on any atom is 0.262 e. The van der Waals surface area contributed by atoms with Gasteiger partial charge >= 0.3 is 0 Å². The van der Waals surface area contributed by atoms with Gasteiger partial charge < -0.3 is 14.2 Å². The van der Waals surface area contributed by atoms with Crippen molar-refractivity contribution in [1.29, 1.82) is 0 Å². The lowest BCUT2D eigenvalue weighted by atomic mass is 10.2. The molecule has 7 heteroatoms. The zero-order chi connectivity index (χ0) is 13.4. The number of nitrogens with zero attached hydrogens (tertiary/aromatic N) is 4. The summed E-state index contributed by atoms with van der Waals surface area (Å²) in [6, 6.07) is 5.19. The summed E-state index contributed by atoms with van der Waals surface area (Å²) in [6.45, 7) is 0. The van der Waals surface area contributed by atoms with Crippen LogP contribution in [-0.2, 0) is 7.05 Å². The average Bonchev–Trinajstić information content (AvgIpc) is 3.00. The SMILES string of the molecule is Cn1cncc1-c1noc(-c2cc(I)ccc2O)n1. The maximum atomic E-state index is 9.83. The third-order valence-corrected chi connectivity index (χ3v) is 3.33. The van der Waals surface area contributed by atoms with Crippen molar-refractivity contribution in [3.8, 4) is 28.7 Å². The highest BCUT2D eigenvalue weighted by Crippen LogP contribution is 2.30. The topological polar surface area (TPSA) is 77.0 Å². The Morgan fingerprint density at radius 3 is 2.95 bits per heavy atom. The Morgan fingerprint density at radius 1 is 1.37 bits per heavy atom. The summed E-state index contributed by atoms with van der Waals surface area (Å²) >= 11 is 2.16. The minimum atomic E-state index is 0.112. The van der Waals surface area contributed by atoms with Crippen LogP contribution in [-0.4, -0.2) is 24.8 Å². The molecule has 0 aliphatic heterocycles. The molecule has 0 saturated heterocycles. The number of rotatable bonds is 2. The van der Waals surface area contributed by atoms with E-state index in [-0.39, 0.29) is 11.6 Å². The van der Waals surface area contributed by atoms with Crippen molar-refractivity contribution in [2.75, 3.05) is 0 Å². The van der Waals surface area contributed by atoms with Crippen LogP contribution in [0, 0.1) is 3.57 Å². The zero-order valence-electron chi connectivity index (χ0n) is 9.91. The van der Waals surface area contributed by atoms with E-state index in [1.807, 2.05) is 7.05 Å². The van der Waals surface area contributed by atoms with Crippen LogP contribution >= 0.6 is 22.6 Å². The van der Waals surface area contributed by atoms with Gasteiger partial charge in [-0.1, -0.05) is 5.16 Å². The smallest absolute Gasteiger partial charge is 0.262 e. The fourth-order valence-corrected chi connectivity index (χ4v) is 2.18. The Kier molecular flexibility index (Phi) is 2.97. The average molecular weight is 368 g/mol. The Balaban J connectivity index is 2.06. The number of benzene rings is 1. The predicted octanol–water partition coefficient (Wildman–Crippen LogP) is 2.45. The van der Waals surface area contributed by atoms with E-state index in [2.05, 4.69) is 37.7 Å². The number of hydrogen-bond acceptors (Lipinski definition) is 5. The molecular weight excluding hydrogens is 359 g/mol. The molecule has 0 saturated carbocycles. The summed E-state index contributed by atoms with van der Waals surface area (Å²) in [5, 5.41) is 13.7. The van der Waals surface area contributed by atoms with Crippen LogP contribution in [0.4, 0.5) is 0 Å². The second-order valence-electron chi connectivity index (χ2n) is 3.97. The van der Waals surface area contributed by atoms with Gasteiger partial charge in [-0.15, -0.1) is 0 Å². The molecule has 96 valence electrons. The van der Waals surface area contributed by atoms with E-state index in [4.69, 9.17) is 4.52 Å². The lowest BCUT2D eigenvalue weighted by Crippen LogP contribution is -1.90. The summed E-state index contributed by atoms with van der Waals surface area (Å²) in [5.74, 6) is 0.834. The zero-order valence-corrected chi connectivity index (χ0v) is 12.1. The highest BCUT2D eigenvalue weighted by molar-refractivity contribution is 14.1. The van der Waals surface area contributed by atoms with Crippen molar-refractivity contribution in [2.45, 2.75) is 0 Å². The molecule has 0 aliphatic carbocycles. The van der Waals surface area contributed by atoms with E-state index in [9.17, 15) is 5.11 Å². The minimum absolute atomic E-state index is 0.112. The lowest BCUT2D eigenvalue weighted by Gasteiger charge is -1.99. The quantitative estimate of drug-likeness (QED) is 0.704. The number of hydrogen-bond donors (Lipinski definition) is 1. The van der Waals surface area contributed by atoms with Crippen LogP contribution in [0.15, 0.2) is 35.2 Å². The van der Waals surface area contributed by atoms with Gasteiger partial charge in [0.2, 0.25) is 5.82 Å². The number of phenolic OH excluding ortho intramolecular Hbond substituents is 1. The van der Waals surface area contributed by atoms with E-state index in [0.29, 0.717) is 11.4 Å². The van der Waals surface area contributed by atoms with Crippen molar-refractivity contribution < 1.29 is 9.63 Å². The van der Waals surface area contributed by atoms with Crippen LogP contribution in [0.5, 0.6) is 5.75 Å². The molecule has 0 atom stereocenters. The van der Waals surface area contributed by atoms with Gasteiger partial charge in [-0.25, -0.2) is 4.98 Å². The van der Waals surface area contributed by atoms with Crippen molar-refractivity contribution in [1.82, 2.24) is 19.7 Å². The first-order chi connectivity index (χ1) is 9.15. The van der Waals surface area contributed by atoms with Gasteiger partial charge in [0.05, 0.1) is 18.1 Å². The van der Waals surface area contributed by atoms with E-state index < -0.39 is 0 Å². The summed E-state index contributed by atoms with van der Waals surface area (Å²) in [5.41, 5.74) is 1.27. The predicted molar refractivity (Wildman–Crippen MR) is 76.3 cm³/mol. The van der Waals surface area contributed by atoms with Gasteiger partial charge in [0, 0.05) is 10.6 Å². The second-order valence-corrected chi connectivity index (χ2v) is 5.22. The molecule has 0 spiro atoms. The molecule has 19 heavy (non-hydrogen) atoms. The lowest BCUT2D eigenvalue weighted by molar-refractivity contribution is 0.425. The molecule has 0 amide bonds. The third kappa shape index (κ3) is 2.21.